The predicted molar refractivity (Wildman–Crippen MR) is 69.1 cm³/mol. The molecule has 0 spiro atoms. The molecule has 2 rings (SSSR count). The molecule has 0 radical (unpaired) electrons. The van der Waals surface area contributed by atoms with Gasteiger partial charge in [0.1, 0.15) is 0 Å². The van der Waals surface area contributed by atoms with Gasteiger partial charge in [-0.3, -0.25) is 0 Å². The van der Waals surface area contributed by atoms with Crippen molar-refractivity contribution in [3.63, 3.8) is 0 Å². The van der Waals surface area contributed by atoms with Crippen LogP contribution in [0.4, 0.5) is 0 Å². The lowest BCUT2D eigenvalue weighted by Crippen LogP contribution is -2.27. The first kappa shape index (κ1) is 11.1. The van der Waals surface area contributed by atoms with Crippen molar-refractivity contribution in [3.05, 3.63) is 35.9 Å². The summed E-state index contributed by atoms with van der Waals surface area (Å²) in [7, 11) is 5.10. The van der Waals surface area contributed by atoms with Crippen LogP contribution in [0.2, 0.25) is 0 Å². The highest BCUT2D eigenvalue weighted by Crippen LogP contribution is 2.39. The Balaban J connectivity index is 2.17. The van der Waals surface area contributed by atoms with Gasteiger partial charge < -0.3 is 5.32 Å². The third-order valence-corrected chi connectivity index (χ3v) is 4.35. The topological polar surface area (TPSA) is 12.0 Å². The van der Waals surface area contributed by atoms with E-state index in [0.717, 1.165) is 11.6 Å². The van der Waals surface area contributed by atoms with E-state index in [4.69, 9.17) is 0 Å². The molecule has 0 aliphatic heterocycles. The van der Waals surface area contributed by atoms with Gasteiger partial charge in [0.15, 0.2) is 0 Å². The highest BCUT2D eigenvalue weighted by atomic mass is 31.0. The summed E-state index contributed by atoms with van der Waals surface area (Å²) < 4.78 is 0. The van der Waals surface area contributed by atoms with E-state index < -0.39 is 0 Å². The van der Waals surface area contributed by atoms with Crippen LogP contribution in [0.1, 0.15) is 30.9 Å². The second-order valence-electron chi connectivity index (χ2n) is 4.44. The Labute approximate surface area is 94.9 Å². The van der Waals surface area contributed by atoms with Crippen LogP contribution in [0.5, 0.6) is 0 Å². The van der Waals surface area contributed by atoms with E-state index in [2.05, 4.69) is 51.9 Å². The highest BCUT2D eigenvalue weighted by Gasteiger charge is 2.30. The third-order valence-electron chi connectivity index (χ3n) is 3.52. The lowest BCUT2D eigenvalue weighted by Gasteiger charge is -2.26. The fourth-order valence-electron chi connectivity index (χ4n) is 2.72. The molecule has 1 N–H and O–H groups in total. The molecule has 0 bridgehead atoms. The van der Waals surface area contributed by atoms with Crippen molar-refractivity contribution in [2.75, 3.05) is 7.05 Å². The molecule has 15 heavy (non-hydrogen) atoms. The molecule has 82 valence electrons. The summed E-state index contributed by atoms with van der Waals surface area (Å²) in [5.74, 6) is 0.780. The van der Waals surface area contributed by atoms with Crippen LogP contribution in [0.3, 0.4) is 0 Å². The number of hydrogen-bond acceptors (Lipinski definition) is 1. The Morgan fingerprint density at radius 2 is 2.00 bits per heavy atom. The number of benzene rings is 1. The van der Waals surface area contributed by atoms with Crippen LogP contribution >= 0.6 is 9.24 Å². The summed E-state index contributed by atoms with van der Waals surface area (Å²) in [5, 5.41) is 3.48. The molecule has 0 aromatic heterocycles. The molecule has 1 aromatic carbocycles. The van der Waals surface area contributed by atoms with Gasteiger partial charge in [0, 0.05) is 6.04 Å². The largest absolute Gasteiger partial charge is 0.313 e. The number of nitrogens with one attached hydrogen (secondary N) is 1. The van der Waals surface area contributed by atoms with Crippen molar-refractivity contribution in [1.29, 1.82) is 0 Å². The first-order chi connectivity index (χ1) is 7.33. The molecule has 1 aliphatic carbocycles. The third kappa shape index (κ3) is 2.41. The smallest absolute Gasteiger partial charge is 0.0352 e. The SMILES string of the molecule is CN[C@H](c1ccccc1)C1CCCC1P. The predicted octanol–water partition coefficient (Wildman–Crippen LogP) is 2.99. The molecule has 1 saturated carbocycles. The second kappa shape index (κ2) is 5.09. The number of rotatable bonds is 3. The lowest BCUT2D eigenvalue weighted by atomic mass is 9.91. The summed E-state index contributed by atoms with van der Waals surface area (Å²) in [5.41, 5.74) is 2.21. The fourth-order valence-corrected chi connectivity index (χ4v) is 3.37. The quantitative estimate of drug-likeness (QED) is 0.774. The fraction of sp³-hybridized carbons (Fsp3) is 0.538. The van der Waals surface area contributed by atoms with Gasteiger partial charge >= 0.3 is 0 Å². The minimum absolute atomic E-state index is 0.524. The Morgan fingerprint density at radius 3 is 2.53 bits per heavy atom. The maximum Gasteiger partial charge on any atom is 0.0352 e. The van der Waals surface area contributed by atoms with Gasteiger partial charge in [-0.25, -0.2) is 0 Å². The summed E-state index contributed by atoms with van der Waals surface area (Å²) in [4.78, 5) is 0. The molecule has 2 heteroatoms. The van der Waals surface area contributed by atoms with E-state index in [1.54, 1.807) is 0 Å². The standard InChI is InChI=1S/C13H20NP/c1-14-13(10-6-3-2-4-7-10)11-8-5-9-12(11)15/h2-4,6-7,11-14H,5,8-9,15H2,1H3/t11?,12?,13-/m1/s1. The van der Waals surface area contributed by atoms with Crippen LogP contribution in [0.25, 0.3) is 0 Å². The molecule has 0 heterocycles. The minimum atomic E-state index is 0.524. The Bertz CT molecular complexity index is 299. The van der Waals surface area contributed by atoms with Gasteiger partial charge in [0.05, 0.1) is 0 Å². The van der Waals surface area contributed by atoms with Crippen molar-refractivity contribution in [2.45, 2.75) is 31.0 Å². The van der Waals surface area contributed by atoms with E-state index in [9.17, 15) is 0 Å². The Morgan fingerprint density at radius 1 is 1.27 bits per heavy atom. The molecule has 3 unspecified atom stereocenters. The van der Waals surface area contributed by atoms with E-state index in [1.807, 2.05) is 0 Å². The van der Waals surface area contributed by atoms with E-state index >= 15 is 0 Å². The second-order valence-corrected chi connectivity index (χ2v) is 5.29. The minimum Gasteiger partial charge on any atom is -0.313 e. The van der Waals surface area contributed by atoms with Gasteiger partial charge in [-0.2, -0.15) is 0 Å². The molecule has 1 aromatic rings. The monoisotopic (exact) mass is 221 g/mol. The molecule has 1 aliphatic rings. The number of hydrogen-bond donors (Lipinski definition) is 1. The molecule has 0 amide bonds. The van der Waals surface area contributed by atoms with Crippen molar-refractivity contribution >= 4 is 9.24 Å². The lowest BCUT2D eigenvalue weighted by molar-refractivity contribution is 0.397. The van der Waals surface area contributed by atoms with Crippen LogP contribution < -0.4 is 5.32 Å². The highest BCUT2D eigenvalue weighted by molar-refractivity contribution is 7.17. The van der Waals surface area contributed by atoms with Crippen molar-refractivity contribution in [2.24, 2.45) is 5.92 Å². The first-order valence-electron chi connectivity index (χ1n) is 5.80. The van der Waals surface area contributed by atoms with Crippen LogP contribution in [0, 0.1) is 5.92 Å². The van der Waals surface area contributed by atoms with Gasteiger partial charge in [-0.1, -0.05) is 36.8 Å². The summed E-state index contributed by atoms with van der Waals surface area (Å²) in [6.07, 6.45) is 4.10. The van der Waals surface area contributed by atoms with E-state index in [-0.39, 0.29) is 0 Å². The zero-order chi connectivity index (χ0) is 10.7. The maximum absolute atomic E-state index is 3.48. The van der Waals surface area contributed by atoms with Crippen molar-refractivity contribution < 1.29 is 0 Å². The molecule has 1 fully saturated rings. The summed E-state index contributed by atoms with van der Waals surface area (Å²) in [6.45, 7) is 0. The van der Waals surface area contributed by atoms with E-state index in [0.29, 0.717) is 6.04 Å². The average Bonchev–Trinajstić information content (AvgIpc) is 2.68. The van der Waals surface area contributed by atoms with Crippen LogP contribution in [0.15, 0.2) is 30.3 Å². The Kier molecular flexibility index (Phi) is 3.77. The first-order valence-corrected chi connectivity index (χ1v) is 6.47. The molecule has 4 atom stereocenters. The van der Waals surface area contributed by atoms with Crippen LogP contribution in [-0.4, -0.2) is 12.7 Å². The van der Waals surface area contributed by atoms with Crippen molar-refractivity contribution in [1.82, 2.24) is 5.32 Å². The van der Waals surface area contributed by atoms with Gasteiger partial charge in [0.2, 0.25) is 0 Å². The normalized spacial score (nSPS) is 27.9. The molecule has 1 nitrogen and oxygen atoms in total. The molecular weight excluding hydrogens is 201 g/mol. The zero-order valence-electron chi connectivity index (χ0n) is 9.32. The summed E-state index contributed by atoms with van der Waals surface area (Å²) in [6, 6.07) is 11.3. The molecule has 0 saturated heterocycles. The van der Waals surface area contributed by atoms with Crippen molar-refractivity contribution in [3.8, 4) is 0 Å². The van der Waals surface area contributed by atoms with Gasteiger partial charge in [0.25, 0.3) is 0 Å². The van der Waals surface area contributed by atoms with Gasteiger partial charge in [-0.05, 0) is 37.0 Å². The van der Waals surface area contributed by atoms with Gasteiger partial charge in [-0.15, -0.1) is 9.24 Å². The average molecular weight is 221 g/mol. The van der Waals surface area contributed by atoms with E-state index in [1.165, 1.54) is 24.8 Å². The summed E-state index contributed by atoms with van der Waals surface area (Å²) >= 11 is 0. The zero-order valence-corrected chi connectivity index (χ0v) is 10.5. The Hall–Kier alpha value is -0.390. The van der Waals surface area contributed by atoms with Crippen LogP contribution in [-0.2, 0) is 0 Å². The molecular formula is C13H20NP. The maximum atomic E-state index is 3.48.